The van der Waals surface area contributed by atoms with Gasteiger partial charge in [-0.3, -0.25) is 0 Å². The third-order valence-electron chi connectivity index (χ3n) is 3.78. The molecule has 1 aromatic carbocycles. The van der Waals surface area contributed by atoms with Gasteiger partial charge in [0.2, 0.25) is 0 Å². The SMILES string of the molecule is CC1(NCC(O)c2cccc(C(F)(F)F)c2)CCC1. The second kappa shape index (κ2) is 5.13. The maximum absolute atomic E-state index is 12.6. The molecule has 2 nitrogen and oxygen atoms in total. The molecule has 5 heteroatoms. The number of alkyl halides is 3. The van der Waals surface area contributed by atoms with E-state index >= 15 is 0 Å². The molecule has 19 heavy (non-hydrogen) atoms. The fourth-order valence-corrected chi connectivity index (χ4v) is 2.27. The zero-order valence-electron chi connectivity index (χ0n) is 10.8. The molecule has 1 aromatic rings. The van der Waals surface area contributed by atoms with Crippen LogP contribution in [0.4, 0.5) is 13.2 Å². The smallest absolute Gasteiger partial charge is 0.387 e. The van der Waals surface area contributed by atoms with Crippen LogP contribution in [-0.4, -0.2) is 17.2 Å². The first-order valence-corrected chi connectivity index (χ1v) is 6.40. The Hall–Kier alpha value is -1.07. The predicted molar refractivity (Wildman–Crippen MR) is 66.7 cm³/mol. The van der Waals surface area contributed by atoms with Gasteiger partial charge in [-0.2, -0.15) is 13.2 Å². The maximum Gasteiger partial charge on any atom is 0.416 e. The Bertz CT molecular complexity index is 441. The highest BCUT2D eigenvalue weighted by molar-refractivity contribution is 5.27. The number of halogens is 3. The van der Waals surface area contributed by atoms with E-state index in [1.807, 2.05) is 0 Å². The van der Waals surface area contributed by atoms with E-state index in [-0.39, 0.29) is 12.1 Å². The second-order valence-electron chi connectivity index (χ2n) is 5.43. The monoisotopic (exact) mass is 273 g/mol. The molecule has 1 saturated carbocycles. The van der Waals surface area contributed by atoms with E-state index in [1.165, 1.54) is 12.1 Å². The highest BCUT2D eigenvalue weighted by atomic mass is 19.4. The lowest BCUT2D eigenvalue weighted by Gasteiger charge is -2.40. The Morgan fingerprint density at radius 3 is 2.58 bits per heavy atom. The fraction of sp³-hybridized carbons (Fsp3) is 0.571. The van der Waals surface area contributed by atoms with Crippen LogP contribution in [0.25, 0.3) is 0 Å². The average Bonchev–Trinajstić information content (AvgIpc) is 2.33. The van der Waals surface area contributed by atoms with Crippen molar-refractivity contribution in [1.82, 2.24) is 5.32 Å². The minimum Gasteiger partial charge on any atom is -0.387 e. The van der Waals surface area contributed by atoms with Crippen LogP contribution in [0, 0.1) is 0 Å². The molecule has 0 bridgehead atoms. The second-order valence-corrected chi connectivity index (χ2v) is 5.43. The lowest BCUT2D eigenvalue weighted by Crippen LogP contribution is -2.49. The molecule has 1 unspecified atom stereocenters. The van der Waals surface area contributed by atoms with E-state index in [0.717, 1.165) is 31.4 Å². The first-order valence-electron chi connectivity index (χ1n) is 6.40. The average molecular weight is 273 g/mol. The summed E-state index contributed by atoms with van der Waals surface area (Å²) in [5.41, 5.74) is -0.396. The zero-order chi connectivity index (χ0) is 14.1. The summed E-state index contributed by atoms with van der Waals surface area (Å²) in [6.07, 6.45) is -2.05. The van der Waals surface area contributed by atoms with Crippen LogP contribution in [0.15, 0.2) is 24.3 Å². The molecule has 1 aliphatic carbocycles. The predicted octanol–water partition coefficient (Wildman–Crippen LogP) is 3.27. The molecule has 0 amide bonds. The van der Waals surface area contributed by atoms with Crippen molar-refractivity contribution in [2.75, 3.05) is 6.54 Å². The van der Waals surface area contributed by atoms with E-state index in [0.29, 0.717) is 5.56 Å². The highest BCUT2D eigenvalue weighted by Crippen LogP contribution is 2.32. The minimum atomic E-state index is -4.37. The van der Waals surface area contributed by atoms with Crippen LogP contribution in [0.1, 0.15) is 43.4 Å². The van der Waals surface area contributed by atoms with Gasteiger partial charge in [0.25, 0.3) is 0 Å². The van der Waals surface area contributed by atoms with Crippen molar-refractivity contribution in [3.8, 4) is 0 Å². The molecule has 0 heterocycles. The summed E-state index contributed by atoms with van der Waals surface area (Å²) in [5.74, 6) is 0. The van der Waals surface area contributed by atoms with Crippen molar-refractivity contribution >= 4 is 0 Å². The molecule has 106 valence electrons. The molecule has 0 aliphatic heterocycles. The number of aliphatic hydroxyl groups is 1. The summed E-state index contributed by atoms with van der Waals surface area (Å²) >= 11 is 0. The number of aliphatic hydroxyl groups excluding tert-OH is 1. The van der Waals surface area contributed by atoms with Crippen molar-refractivity contribution in [3.05, 3.63) is 35.4 Å². The van der Waals surface area contributed by atoms with Gasteiger partial charge in [0, 0.05) is 12.1 Å². The van der Waals surface area contributed by atoms with E-state index in [2.05, 4.69) is 12.2 Å². The lowest BCUT2D eigenvalue weighted by atomic mass is 9.78. The van der Waals surface area contributed by atoms with Crippen LogP contribution in [-0.2, 0) is 6.18 Å². The number of β-amino-alcohol motifs (C(OH)–C–C–N with tert-alkyl or cyclic N) is 1. The molecule has 0 spiro atoms. The Balaban J connectivity index is 2.00. The Morgan fingerprint density at radius 1 is 1.37 bits per heavy atom. The van der Waals surface area contributed by atoms with E-state index in [4.69, 9.17) is 0 Å². The third-order valence-corrected chi connectivity index (χ3v) is 3.78. The van der Waals surface area contributed by atoms with Gasteiger partial charge in [-0.25, -0.2) is 0 Å². The fourth-order valence-electron chi connectivity index (χ4n) is 2.27. The number of benzene rings is 1. The molecular formula is C14H18F3NO. The van der Waals surface area contributed by atoms with Crippen LogP contribution in [0.2, 0.25) is 0 Å². The summed E-state index contributed by atoms with van der Waals surface area (Å²) in [4.78, 5) is 0. The highest BCUT2D eigenvalue weighted by Gasteiger charge is 2.33. The maximum atomic E-state index is 12.6. The molecular weight excluding hydrogens is 255 g/mol. The molecule has 0 radical (unpaired) electrons. The summed E-state index contributed by atoms with van der Waals surface area (Å²) in [7, 11) is 0. The quantitative estimate of drug-likeness (QED) is 0.882. The van der Waals surface area contributed by atoms with Crippen LogP contribution >= 0.6 is 0 Å². The minimum absolute atomic E-state index is 0.0304. The van der Waals surface area contributed by atoms with Gasteiger partial charge >= 0.3 is 6.18 Å². The van der Waals surface area contributed by atoms with Gasteiger partial charge in [-0.1, -0.05) is 12.1 Å². The number of nitrogens with one attached hydrogen (secondary N) is 1. The molecule has 1 aliphatic rings. The standard InChI is InChI=1S/C14H18F3NO/c1-13(6-3-7-13)18-9-12(19)10-4-2-5-11(8-10)14(15,16)17/h2,4-5,8,12,18-19H,3,6-7,9H2,1H3. The van der Waals surface area contributed by atoms with Crippen molar-refractivity contribution < 1.29 is 18.3 Å². The molecule has 2 N–H and O–H groups in total. The Labute approximate surface area is 110 Å². The molecule has 1 fully saturated rings. The Morgan fingerprint density at radius 2 is 2.05 bits per heavy atom. The molecule has 2 rings (SSSR count). The first-order chi connectivity index (χ1) is 8.80. The number of hydrogen-bond acceptors (Lipinski definition) is 2. The van der Waals surface area contributed by atoms with Gasteiger partial charge in [0.1, 0.15) is 0 Å². The summed E-state index contributed by atoms with van der Waals surface area (Å²) < 4.78 is 37.7. The van der Waals surface area contributed by atoms with Crippen molar-refractivity contribution in [2.24, 2.45) is 0 Å². The topological polar surface area (TPSA) is 32.3 Å². The summed E-state index contributed by atoms with van der Waals surface area (Å²) in [6.45, 7) is 2.34. The summed E-state index contributed by atoms with van der Waals surface area (Å²) in [6, 6.07) is 4.86. The van der Waals surface area contributed by atoms with Crippen molar-refractivity contribution in [1.29, 1.82) is 0 Å². The number of hydrogen-bond donors (Lipinski definition) is 2. The van der Waals surface area contributed by atoms with Gasteiger partial charge in [0.15, 0.2) is 0 Å². The van der Waals surface area contributed by atoms with Crippen LogP contribution in [0.5, 0.6) is 0 Å². The van der Waals surface area contributed by atoms with Gasteiger partial charge in [-0.05, 0) is 43.9 Å². The van der Waals surface area contributed by atoms with E-state index in [9.17, 15) is 18.3 Å². The molecule has 0 aromatic heterocycles. The first kappa shape index (κ1) is 14.3. The van der Waals surface area contributed by atoms with Crippen LogP contribution in [0.3, 0.4) is 0 Å². The largest absolute Gasteiger partial charge is 0.416 e. The van der Waals surface area contributed by atoms with Gasteiger partial charge in [-0.15, -0.1) is 0 Å². The zero-order valence-corrected chi connectivity index (χ0v) is 10.8. The van der Waals surface area contributed by atoms with Gasteiger partial charge < -0.3 is 10.4 Å². The van der Waals surface area contributed by atoms with Gasteiger partial charge in [0.05, 0.1) is 11.7 Å². The summed E-state index contributed by atoms with van der Waals surface area (Å²) in [5, 5.41) is 13.2. The van der Waals surface area contributed by atoms with Crippen molar-refractivity contribution in [2.45, 2.75) is 44.0 Å². The van der Waals surface area contributed by atoms with Crippen molar-refractivity contribution in [3.63, 3.8) is 0 Å². The van der Waals surface area contributed by atoms with Crippen LogP contribution < -0.4 is 5.32 Å². The van der Waals surface area contributed by atoms with E-state index < -0.39 is 17.8 Å². The van der Waals surface area contributed by atoms with E-state index in [1.54, 1.807) is 0 Å². The normalized spacial score (nSPS) is 19.8. The lowest BCUT2D eigenvalue weighted by molar-refractivity contribution is -0.137. The number of rotatable bonds is 4. The Kier molecular flexibility index (Phi) is 3.87. The molecule has 1 atom stereocenters. The third kappa shape index (κ3) is 3.48. The molecule has 0 saturated heterocycles.